The van der Waals surface area contributed by atoms with Crippen LogP contribution in [0.2, 0.25) is 5.02 Å². The molecule has 1 fully saturated rings. The molecule has 3 heterocycles. The van der Waals surface area contributed by atoms with Gasteiger partial charge in [0, 0.05) is 18.1 Å². The van der Waals surface area contributed by atoms with Gasteiger partial charge in [0.15, 0.2) is 6.23 Å². The van der Waals surface area contributed by atoms with Crippen molar-refractivity contribution in [3.8, 4) is 0 Å². The van der Waals surface area contributed by atoms with Crippen molar-refractivity contribution in [2.75, 3.05) is 0 Å². The SMILES string of the molecule is Cn1c2c(ccc1=O)N=CN(Cc1nn([C@H]3C[C@H](c4ccc(Cl)cc4)C3)c(=O)o1)C2O. The molecule has 2 aromatic heterocycles. The van der Waals surface area contributed by atoms with Gasteiger partial charge in [-0.25, -0.2) is 9.79 Å². The van der Waals surface area contributed by atoms with Crippen LogP contribution in [-0.4, -0.2) is 30.7 Å². The maximum atomic E-state index is 12.3. The molecule has 1 aliphatic carbocycles. The molecule has 0 amide bonds. The number of aromatic nitrogens is 3. The molecule has 1 aromatic carbocycles. The van der Waals surface area contributed by atoms with Gasteiger partial charge < -0.3 is 19.0 Å². The molecule has 10 heteroatoms. The first-order chi connectivity index (χ1) is 14.9. The minimum absolute atomic E-state index is 0.0350. The van der Waals surface area contributed by atoms with Crippen molar-refractivity contribution in [3.63, 3.8) is 0 Å². The van der Waals surface area contributed by atoms with E-state index in [9.17, 15) is 14.7 Å². The minimum Gasteiger partial charge on any atom is -0.390 e. The average Bonchev–Trinajstić information content (AvgIpc) is 3.07. The Bertz CT molecular complexity index is 1270. The normalized spacial score (nSPS) is 22.3. The van der Waals surface area contributed by atoms with Gasteiger partial charge in [0.2, 0.25) is 5.89 Å². The number of benzene rings is 1. The number of rotatable bonds is 4. The van der Waals surface area contributed by atoms with Gasteiger partial charge in [-0.15, -0.1) is 5.10 Å². The molecule has 1 aliphatic heterocycles. The predicted molar refractivity (Wildman–Crippen MR) is 114 cm³/mol. The standard InChI is InChI=1S/C21H20ClN5O4/c1-25-18(28)7-6-16-19(25)20(29)26(11-23-16)10-17-24-27(21(30)31-17)15-8-13(9-15)12-2-4-14(22)5-3-12/h2-7,11,13,15,20,29H,8-10H2,1H3/t13-,15-,20?. The Hall–Kier alpha value is -3.17. The van der Waals surface area contributed by atoms with Crippen molar-refractivity contribution >= 4 is 23.6 Å². The minimum atomic E-state index is -1.11. The highest BCUT2D eigenvalue weighted by atomic mass is 35.5. The highest BCUT2D eigenvalue weighted by Gasteiger charge is 2.35. The van der Waals surface area contributed by atoms with Crippen molar-refractivity contribution in [2.45, 2.75) is 37.6 Å². The van der Waals surface area contributed by atoms with Crippen molar-refractivity contribution in [1.29, 1.82) is 0 Å². The van der Waals surface area contributed by atoms with E-state index < -0.39 is 12.0 Å². The Labute approximate surface area is 181 Å². The largest absolute Gasteiger partial charge is 0.437 e. The molecule has 0 saturated heterocycles. The summed E-state index contributed by atoms with van der Waals surface area (Å²) in [7, 11) is 1.58. The van der Waals surface area contributed by atoms with E-state index in [1.165, 1.54) is 32.1 Å². The topological polar surface area (TPSA) is 106 Å². The van der Waals surface area contributed by atoms with Crippen LogP contribution in [-0.2, 0) is 13.6 Å². The Morgan fingerprint density at radius 3 is 2.65 bits per heavy atom. The summed E-state index contributed by atoms with van der Waals surface area (Å²) in [6, 6.07) is 10.7. The molecule has 9 nitrogen and oxygen atoms in total. The third-order valence-electron chi connectivity index (χ3n) is 5.97. The summed E-state index contributed by atoms with van der Waals surface area (Å²) in [5.74, 6) is 0.00349. The lowest BCUT2D eigenvalue weighted by atomic mass is 9.76. The van der Waals surface area contributed by atoms with Crippen LogP contribution in [0.5, 0.6) is 0 Å². The first-order valence-corrected chi connectivity index (χ1v) is 10.3. The summed E-state index contributed by atoms with van der Waals surface area (Å²) in [6.45, 7) is 0.0444. The van der Waals surface area contributed by atoms with Gasteiger partial charge in [-0.2, -0.15) is 4.68 Å². The molecule has 1 unspecified atom stereocenters. The number of fused-ring (bicyclic) bond motifs is 1. The Morgan fingerprint density at radius 1 is 1.16 bits per heavy atom. The average molecular weight is 442 g/mol. The zero-order valence-electron chi connectivity index (χ0n) is 16.7. The predicted octanol–water partition coefficient (Wildman–Crippen LogP) is 2.47. The summed E-state index contributed by atoms with van der Waals surface area (Å²) in [4.78, 5) is 30.0. The fraction of sp³-hybridized carbons (Fsp3) is 0.333. The van der Waals surface area contributed by atoms with E-state index in [-0.39, 0.29) is 24.0 Å². The molecule has 0 bridgehead atoms. The van der Waals surface area contributed by atoms with Crippen LogP contribution >= 0.6 is 11.6 Å². The molecule has 1 saturated carbocycles. The molecule has 0 spiro atoms. The third kappa shape index (κ3) is 3.49. The number of hydrogen-bond acceptors (Lipinski definition) is 7. The van der Waals surface area contributed by atoms with Crippen molar-refractivity contribution in [2.24, 2.45) is 12.0 Å². The van der Waals surface area contributed by atoms with Crippen LogP contribution in [0.3, 0.4) is 0 Å². The quantitative estimate of drug-likeness (QED) is 0.666. The number of halogens is 1. The van der Waals surface area contributed by atoms with Crippen molar-refractivity contribution < 1.29 is 9.52 Å². The fourth-order valence-electron chi connectivity index (χ4n) is 4.11. The second-order valence-electron chi connectivity index (χ2n) is 7.87. The summed E-state index contributed by atoms with van der Waals surface area (Å²) < 4.78 is 8.04. The van der Waals surface area contributed by atoms with Crippen molar-refractivity contribution in [1.82, 2.24) is 19.2 Å². The Morgan fingerprint density at radius 2 is 1.90 bits per heavy atom. The van der Waals surface area contributed by atoms with Gasteiger partial charge in [0.05, 0.1) is 23.8 Å². The highest BCUT2D eigenvalue weighted by molar-refractivity contribution is 6.30. The van der Waals surface area contributed by atoms with E-state index >= 15 is 0 Å². The summed E-state index contributed by atoms with van der Waals surface area (Å²) in [5, 5.41) is 15.8. The van der Waals surface area contributed by atoms with E-state index in [0.717, 1.165) is 12.8 Å². The monoisotopic (exact) mass is 441 g/mol. The third-order valence-corrected chi connectivity index (χ3v) is 6.22. The van der Waals surface area contributed by atoms with Crippen LogP contribution in [0.25, 0.3) is 0 Å². The fourth-order valence-corrected chi connectivity index (χ4v) is 4.24. The summed E-state index contributed by atoms with van der Waals surface area (Å²) in [5.41, 5.74) is 1.84. The van der Waals surface area contributed by atoms with Crippen LogP contribution in [0.15, 0.2) is 55.4 Å². The van der Waals surface area contributed by atoms with Gasteiger partial charge in [-0.05, 0) is 42.5 Å². The molecule has 3 aromatic rings. The van der Waals surface area contributed by atoms with Gasteiger partial charge in [0.1, 0.15) is 6.54 Å². The van der Waals surface area contributed by atoms with E-state index in [0.29, 0.717) is 22.3 Å². The number of aliphatic imine (C=N–C) groups is 1. The van der Waals surface area contributed by atoms with Gasteiger partial charge in [-0.3, -0.25) is 4.79 Å². The van der Waals surface area contributed by atoms with Crippen LogP contribution in [0.1, 0.15) is 48.2 Å². The lowest BCUT2D eigenvalue weighted by Gasteiger charge is -2.34. The number of hydrogen-bond donors (Lipinski definition) is 1. The smallest absolute Gasteiger partial charge is 0.390 e. The van der Waals surface area contributed by atoms with E-state index in [1.54, 1.807) is 13.1 Å². The lowest BCUT2D eigenvalue weighted by molar-refractivity contribution is 0.0375. The summed E-state index contributed by atoms with van der Waals surface area (Å²) >= 11 is 5.94. The first-order valence-electron chi connectivity index (χ1n) is 9.92. The van der Waals surface area contributed by atoms with E-state index in [1.807, 2.05) is 24.3 Å². The van der Waals surface area contributed by atoms with Crippen LogP contribution in [0.4, 0.5) is 5.69 Å². The maximum absolute atomic E-state index is 12.3. The molecular formula is C21H20ClN5O4. The number of aliphatic hydroxyl groups is 1. The van der Waals surface area contributed by atoms with E-state index in [4.69, 9.17) is 16.0 Å². The van der Waals surface area contributed by atoms with E-state index in [2.05, 4.69) is 10.1 Å². The molecule has 2 aliphatic rings. The van der Waals surface area contributed by atoms with Gasteiger partial charge in [0.25, 0.3) is 5.56 Å². The molecule has 160 valence electrons. The second kappa shape index (κ2) is 7.51. The molecule has 31 heavy (non-hydrogen) atoms. The molecule has 1 N–H and O–H groups in total. The van der Waals surface area contributed by atoms with Crippen LogP contribution < -0.4 is 11.3 Å². The molecule has 1 atom stereocenters. The summed E-state index contributed by atoms with van der Waals surface area (Å²) in [6.07, 6.45) is 1.92. The van der Waals surface area contributed by atoms with Gasteiger partial charge >= 0.3 is 5.76 Å². The van der Waals surface area contributed by atoms with Crippen molar-refractivity contribution in [3.05, 3.63) is 79.5 Å². The second-order valence-corrected chi connectivity index (χ2v) is 8.31. The molecule has 0 radical (unpaired) electrons. The molecular weight excluding hydrogens is 422 g/mol. The lowest BCUT2D eigenvalue weighted by Crippen LogP contribution is -2.34. The number of pyridine rings is 1. The number of aliphatic hydroxyl groups excluding tert-OH is 1. The highest BCUT2D eigenvalue weighted by Crippen LogP contribution is 2.44. The maximum Gasteiger partial charge on any atom is 0.437 e. The van der Waals surface area contributed by atoms with Gasteiger partial charge in [-0.1, -0.05) is 23.7 Å². The molecule has 5 rings (SSSR count). The number of nitrogens with zero attached hydrogens (tertiary/aromatic N) is 5. The zero-order valence-corrected chi connectivity index (χ0v) is 17.4. The Kier molecular flexibility index (Phi) is 4.79. The first kappa shape index (κ1) is 19.8. The zero-order chi connectivity index (χ0) is 21.7. The van der Waals surface area contributed by atoms with Crippen LogP contribution in [0, 0.1) is 0 Å². The Balaban J connectivity index is 1.30.